The zero-order valence-corrected chi connectivity index (χ0v) is 12.7. The molecule has 1 fully saturated rings. The molecule has 0 saturated heterocycles. The maximum absolute atomic E-state index is 11.7. The van der Waals surface area contributed by atoms with Crippen molar-refractivity contribution < 1.29 is 13.2 Å². The van der Waals surface area contributed by atoms with E-state index in [4.69, 9.17) is 5.73 Å². The first-order valence-corrected chi connectivity index (χ1v) is 8.86. The van der Waals surface area contributed by atoms with Gasteiger partial charge >= 0.3 is 0 Å². The van der Waals surface area contributed by atoms with Crippen LogP contribution in [0.4, 0.5) is 0 Å². The second-order valence-corrected chi connectivity index (χ2v) is 8.17. The summed E-state index contributed by atoms with van der Waals surface area (Å²) in [4.78, 5) is 11.7. The number of nitrogens with one attached hydrogen (secondary N) is 1. The number of carbonyl (C=O) groups is 1. The third-order valence-electron chi connectivity index (χ3n) is 3.36. The van der Waals surface area contributed by atoms with Gasteiger partial charge in [-0.3, -0.25) is 4.79 Å². The minimum atomic E-state index is -3.11. The summed E-state index contributed by atoms with van der Waals surface area (Å²) in [5.74, 6) is 0.0441. The van der Waals surface area contributed by atoms with Gasteiger partial charge in [-0.15, -0.1) is 0 Å². The SMILES string of the molecule is CC(C)CS(=O)(=O)CCC(=O)NC1CCC(N)CC1. The molecule has 0 aromatic heterocycles. The first-order chi connectivity index (χ1) is 8.78. The molecule has 1 amide bonds. The van der Waals surface area contributed by atoms with E-state index in [-0.39, 0.29) is 41.8 Å². The molecule has 1 aliphatic rings. The smallest absolute Gasteiger partial charge is 0.221 e. The molecule has 6 heteroatoms. The van der Waals surface area contributed by atoms with Gasteiger partial charge in [0.25, 0.3) is 0 Å². The number of rotatable bonds is 6. The van der Waals surface area contributed by atoms with E-state index in [0.29, 0.717) is 0 Å². The molecule has 0 aliphatic heterocycles. The fourth-order valence-electron chi connectivity index (χ4n) is 2.40. The van der Waals surface area contributed by atoms with Gasteiger partial charge in [0.05, 0.1) is 11.5 Å². The molecule has 0 radical (unpaired) electrons. The van der Waals surface area contributed by atoms with Crippen molar-refractivity contribution in [3.05, 3.63) is 0 Å². The Bertz CT molecular complexity index is 385. The van der Waals surface area contributed by atoms with Crippen LogP contribution in [0.5, 0.6) is 0 Å². The molecule has 19 heavy (non-hydrogen) atoms. The molecule has 1 rings (SSSR count). The molecule has 0 aromatic rings. The topological polar surface area (TPSA) is 89.3 Å². The minimum Gasteiger partial charge on any atom is -0.353 e. The summed E-state index contributed by atoms with van der Waals surface area (Å²) < 4.78 is 23.4. The molecule has 0 spiro atoms. The summed E-state index contributed by atoms with van der Waals surface area (Å²) in [6.07, 6.45) is 3.71. The van der Waals surface area contributed by atoms with Crippen molar-refractivity contribution in [2.24, 2.45) is 11.7 Å². The molecule has 0 aromatic carbocycles. The lowest BCUT2D eigenvalue weighted by Crippen LogP contribution is -2.41. The van der Waals surface area contributed by atoms with Gasteiger partial charge in [-0.25, -0.2) is 8.42 Å². The average molecular weight is 290 g/mol. The van der Waals surface area contributed by atoms with Crippen molar-refractivity contribution in [1.82, 2.24) is 5.32 Å². The van der Waals surface area contributed by atoms with Gasteiger partial charge in [-0.2, -0.15) is 0 Å². The van der Waals surface area contributed by atoms with Gasteiger partial charge in [-0.1, -0.05) is 13.8 Å². The fourth-order valence-corrected chi connectivity index (χ4v) is 4.08. The highest BCUT2D eigenvalue weighted by Gasteiger charge is 2.21. The molecule has 3 N–H and O–H groups in total. The van der Waals surface area contributed by atoms with Crippen LogP contribution in [-0.2, 0) is 14.6 Å². The third kappa shape index (κ3) is 6.92. The highest BCUT2D eigenvalue weighted by molar-refractivity contribution is 7.91. The molecule has 0 atom stereocenters. The van der Waals surface area contributed by atoms with Gasteiger partial charge in [0.15, 0.2) is 9.84 Å². The maximum Gasteiger partial charge on any atom is 0.221 e. The Balaban J connectivity index is 2.28. The van der Waals surface area contributed by atoms with Crippen LogP contribution in [0.15, 0.2) is 0 Å². The van der Waals surface area contributed by atoms with E-state index >= 15 is 0 Å². The molecule has 1 aliphatic carbocycles. The van der Waals surface area contributed by atoms with Crippen molar-refractivity contribution in [2.45, 2.75) is 58.0 Å². The van der Waals surface area contributed by atoms with Crippen LogP contribution < -0.4 is 11.1 Å². The monoisotopic (exact) mass is 290 g/mol. The number of carbonyl (C=O) groups excluding carboxylic acids is 1. The largest absolute Gasteiger partial charge is 0.353 e. The number of sulfone groups is 1. The quantitative estimate of drug-likeness (QED) is 0.758. The fraction of sp³-hybridized carbons (Fsp3) is 0.923. The van der Waals surface area contributed by atoms with E-state index in [1.54, 1.807) is 0 Å². The Labute approximate surface area is 116 Å². The number of nitrogens with two attached hydrogens (primary N) is 1. The van der Waals surface area contributed by atoms with Crippen molar-refractivity contribution in [2.75, 3.05) is 11.5 Å². The van der Waals surface area contributed by atoms with Crippen LogP contribution in [0, 0.1) is 5.92 Å². The van der Waals surface area contributed by atoms with Gasteiger partial charge in [0.1, 0.15) is 0 Å². The standard InChI is InChI=1S/C13H26N2O3S/c1-10(2)9-19(17,18)8-7-13(16)15-12-5-3-11(14)4-6-12/h10-12H,3-9,14H2,1-2H3,(H,15,16). The summed E-state index contributed by atoms with van der Waals surface area (Å²) >= 11 is 0. The second kappa shape index (κ2) is 7.24. The molecule has 5 nitrogen and oxygen atoms in total. The first kappa shape index (κ1) is 16.4. The summed E-state index contributed by atoms with van der Waals surface area (Å²) in [5, 5.41) is 2.91. The predicted octanol–water partition coefficient (Wildman–Crippen LogP) is 0.833. The molecule has 112 valence electrons. The van der Waals surface area contributed by atoms with E-state index in [0.717, 1.165) is 25.7 Å². The normalized spacial score (nSPS) is 24.4. The molecule has 1 saturated carbocycles. The van der Waals surface area contributed by atoms with E-state index in [1.165, 1.54) is 0 Å². The highest BCUT2D eigenvalue weighted by atomic mass is 32.2. The van der Waals surface area contributed by atoms with E-state index in [2.05, 4.69) is 5.32 Å². The maximum atomic E-state index is 11.7. The summed E-state index contributed by atoms with van der Waals surface area (Å²) in [5.41, 5.74) is 5.80. The van der Waals surface area contributed by atoms with Gasteiger partial charge < -0.3 is 11.1 Å². The minimum absolute atomic E-state index is 0.0523. The van der Waals surface area contributed by atoms with Crippen molar-refractivity contribution in [1.29, 1.82) is 0 Å². The summed E-state index contributed by atoms with van der Waals surface area (Å²) in [6.45, 7) is 3.73. The van der Waals surface area contributed by atoms with Gasteiger partial charge in [0.2, 0.25) is 5.91 Å². The lowest BCUT2D eigenvalue weighted by molar-refractivity contribution is -0.121. The van der Waals surface area contributed by atoms with Crippen LogP contribution >= 0.6 is 0 Å². The summed E-state index contributed by atoms with van der Waals surface area (Å²) in [6, 6.07) is 0.416. The molecular formula is C13H26N2O3S. The van der Waals surface area contributed by atoms with E-state index < -0.39 is 9.84 Å². The van der Waals surface area contributed by atoms with Crippen LogP contribution in [0.3, 0.4) is 0 Å². The highest BCUT2D eigenvalue weighted by Crippen LogP contribution is 2.17. The van der Waals surface area contributed by atoms with Gasteiger partial charge in [0, 0.05) is 18.5 Å². The van der Waals surface area contributed by atoms with Crippen molar-refractivity contribution >= 4 is 15.7 Å². The van der Waals surface area contributed by atoms with Crippen molar-refractivity contribution in [3.8, 4) is 0 Å². The Morgan fingerprint density at radius 1 is 1.26 bits per heavy atom. The molecule has 0 heterocycles. The third-order valence-corrected chi connectivity index (χ3v) is 5.37. The number of amides is 1. The first-order valence-electron chi connectivity index (χ1n) is 7.04. The molecule has 0 bridgehead atoms. The average Bonchev–Trinajstić information content (AvgIpc) is 2.28. The predicted molar refractivity (Wildman–Crippen MR) is 76.5 cm³/mol. The number of hydrogen-bond donors (Lipinski definition) is 2. The lowest BCUT2D eigenvalue weighted by Gasteiger charge is -2.26. The van der Waals surface area contributed by atoms with Crippen LogP contribution in [0.2, 0.25) is 0 Å². The lowest BCUT2D eigenvalue weighted by atomic mass is 9.92. The van der Waals surface area contributed by atoms with Crippen LogP contribution in [0.25, 0.3) is 0 Å². The summed E-state index contributed by atoms with van der Waals surface area (Å²) in [7, 11) is -3.11. The van der Waals surface area contributed by atoms with Crippen LogP contribution in [-0.4, -0.2) is 37.9 Å². The van der Waals surface area contributed by atoms with E-state index in [9.17, 15) is 13.2 Å². The Morgan fingerprint density at radius 3 is 2.37 bits per heavy atom. The molecule has 0 unspecified atom stereocenters. The second-order valence-electron chi connectivity index (χ2n) is 5.94. The Hall–Kier alpha value is -0.620. The molecular weight excluding hydrogens is 264 g/mol. The zero-order chi connectivity index (χ0) is 14.5. The zero-order valence-electron chi connectivity index (χ0n) is 11.9. The van der Waals surface area contributed by atoms with E-state index in [1.807, 2.05) is 13.8 Å². The number of hydrogen-bond acceptors (Lipinski definition) is 4. The Morgan fingerprint density at radius 2 is 1.84 bits per heavy atom. The van der Waals surface area contributed by atoms with Gasteiger partial charge in [-0.05, 0) is 31.6 Å². The van der Waals surface area contributed by atoms with Crippen LogP contribution in [0.1, 0.15) is 46.0 Å². The van der Waals surface area contributed by atoms with Crippen molar-refractivity contribution in [3.63, 3.8) is 0 Å². The Kier molecular flexibility index (Phi) is 6.26.